The molecule has 1 aliphatic rings. The van der Waals surface area contributed by atoms with E-state index in [1.807, 2.05) is 26.0 Å². The molecule has 1 aromatic rings. The van der Waals surface area contributed by atoms with Crippen molar-refractivity contribution in [3.8, 4) is 0 Å². The minimum absolute atomic E-state index is 0.0127. The van der Waals surface area contributed by atoms with Gasteiger partial charge in [0.05, 0.1) is 10.6 Å². The van der Waals surface area contributed by atoms with Gasteiger partial charge in [0.2, 0.25) is 0 Å². The fraction of sp³-hybridized carbons (Fsp3) is 0.500. The van der Waals surface area contributed by atoms with E-state index in [-0.39, 0.29) is 17.1 Å². The highest BCUT2D eigenvalue weighted by Gasteiger charge is 2.41. The van der Waals surface area contributed by atoms with Crippen molar-refractivity contribution in [2.45, 2.75) is 24.7 Å². The fourth-order valence-corrected chi connectivity index (χ4v) is 4.34. The molecule has 1 unspecified atom stereocenters. The molecule has 2 N–H and O–H groups in total. The molecule has 16 heavy (non-hydrogen) atoms. The Bertz CT molecular complexity index is 506. The van der Waals surface area contributed by atoms with Gasteiger partial charge in [0.15, 0.2) is 9.84 Å². The molecule has 88 valence electrons. The van der Waals surface area contributed by atoms with Crippen LogP contribution in [-0.4, -0.2) is 20.7 Å². The smallest absolute Gasteiger partial charge is 0.179 e. The lowest BCUT2D eigenvalue weighted by Gasteiger charge is -2.29. The van der Waals surface area contributed by atoms with E-state index in [0.717, 1.165) is 5.56 Å². The first-order chi connectivity index (χ1) is 7.38. The van der Waals surface area contributed by atoms with Gasteiger partial charge in [-0.2, -0.15) is 0 Å². The van der Waals surface area contributed by atoms with E-state index >= 15 is 0 Å². The molecule has 1 heterocycles. The second-order valence-electron chi connectivity index (χ2n) is 5.06. The molecule has 0 saturated heterocycles. The maximum atomic E-state index is 12.0. The van der Waals surface area contributed by atoms with E-state index in [9.17, 15) is 8.42 Å². The van der Waals surface area contributed by atoms with Gasteiger partial charge in [-0.05, 0) is 23.6 Å². The molecular weight excluding hydrogens is 222 g/mol. The molecule has 0 saturated carbocycles. The van der Waals surface area contributed by atoms with Gasteiger partial charge < -0.3 is 5.73 Å². The second-order valence-corrected chi connectivity index (χ2v) is 7.07. The summed E-state index contributed by atoms with van der Waals surface area (Å²) < 4.78 is 24.0. The monoisotopic (exact) mass is 239 g/mol. The summed E-state index contributed by atoms with van der Waals surface area (Å²) >= 11 is 0. The van der Waals surface area contributed by atoms with E-state index < -0.39 is 9.84 Å². The Hall–Kier alpha value is -0.870. The van der Waals surface area contributed by atoms with Crippen molar-refractivity contribution in [3.05, 3.63) is 29.8 Å². The molecular formula is C12H17NO2S. The van der Waals surface area contributed by atoms with Crippen LogP contribution in [0.15, 0.2) is 29.2 Å². The maximum absolute atomic E-state index is 12.0. The molecule has 0 aromatic heterocycles. The summed E-state index contributed by atoms with van der Waals surface area (Å²) in [5, 5.41) is 0. The molecule has 4 heteroatoms. The first-order valence-electron chi connectivity index (χ1n) is 5.40. The molecule has 0 amide bonds. The van der Waals surface area contributed by atoms with Crippen LogP contribution >= 0.6 is 0 Å². The second kappa shape index (κ2) is 3.57. The molecule has 0 bridgehead atoms. The van der Waals surface area contributed by atoms with Crippen molar-refractivity contribution in [1.82, 2.24) is 0 Å². The van der Waals surface area contributed by atoms with Gasteiger partial charge in [0.25, 0.3) is 0 Å². The van der Waals surface area contributed by atoms with Crippen LogP contribution in [0.2, 0.25) is 0 Å². The number of rotatable bonds is 2. The van der Waals surface area contributed by atoms with Crippen LogP contribution in [0.4, 0.5) is 0 Å². The molecule has 0 aliphatic carbocycles. The normalized spacial score (nSPS) is 23.1. The molecule has 2 rings (SSSR count). The third-order valence-electron chi connectivity index (χ3n) is 3.48. The lowest BCUT2D eigenvalue weighted by molar-refractivity contribution is 0.316. The average Bonchev–Trinajstić information content (AvgIpc) is 2.53. The van der Waals surface area contributed by atoms with Crippen molar-refractivity contribution < 1.29 is 8.42 Å². The fourth-order valence-electron chi connectivity index (χ4n) is 2.24. The highest BCUT2D eigenvalue weighted by atomic mass is 32.2. The summed E-state index contributed by atoms with van der Waals surface area (Å²) in [6.45, 7) is 4.53. The zero-order valence-electron chi connectivity index (χ0n) is 9.60. The number of hydrogen-bond acceptors (Lipinski definition) is 3. The Morgan fingerprint density at radius 2 is 2.00 bits per heavy atom. The zero-order chi connectivity index (χ0) is 12.0. The number of benzene rings is 1. The summed E-state index contributed by atoms with van der Waals surface area (Å²) in [6.07, 6.45) is 0. The summed E-state index contributed by atoms with van der Waals surface area (Å²) in [5.74, 6) is 0.204. The average molecular weight is 239 g/mol. The van der Waals surface area contributed by atoms with Gasteiger partial charge >= 0.3 is 0 Å². The molecule has 1 atom stereocenters. The Morgan fingerprint density at radius 3 is 2.62 bits per heavy atom. The van der Waals surface area contributed by atoms with Gasteiger partial charge in [-0.3, -0.25) is 0 Å². The van der Waals surface area contributed by atoms with E-state index in [1.54, 1.807) is 12.1 Å². The zero-order valence-corrected chi connectivity index (χ0v) is 10.4. The summed E-state index contributed by atoms with van der Waals surface area (Å²) in [7, 11) is -3.10. The summed E-state index contributed by atoms with van der Waals surface area (Å²) in [6, 6.07) is 7.26. The van der Waals surface area contributed by atoms with Gasteiger partial charge in [0, 0.05) is 5.92 Å². The van der Waals surface area contributed by atoms with Gasteiger partial charge in [-0.1, -0.05) is 32.0 Å². The lowest BCUT2D eigenvalue weighted by atomic mass is 9.76. The third-order valence-corrected chi connectivity index (χ3v) is 5.30. The van der Waals surface area contributed by atoms with Gasteiger partial charge in [-0.15, -0.1) is 0 Å². The Balaban J connectivity index is 2.57. The van der Waals surface area contributed by atoms with Crippen molar-refractivity contribution in [1.29, 1.82) is 0 Å². The van der Waals surface area contributed by atoms with Crippen LogP contribution in [-0.2, 0) is 9.84 Å². The first-order valence-corrected chi connectivity index (χ1v) is 7.05. The van der Waals surface area contributed by atoms with Crippen LogP contribution in [0, 0.1) is 5.41 Å². The standard InChI is InChI=1S/C12H17NO2S/c1-12(2,8-13)10-7-16(14,15)11-6-4-3-5-9(10)11/h3-6,10H,7-8,13H2,1-2H3. The summed E-state index contributed by atoms with van der Waals surface area (Å²) in [4.78, 5) is 0.488. The molecule has 1 aromatic carbocycles. The number of sulfone groups is 1. The SMILES string of the molecule is CC(C)(CN)C1CS(=O)(=O)c2ccccc21. The Labute approximate surface area is 96.6 Å². The molecule has 1 aliphatic heterocycles. The summed E-state index contributed by atoms with van der Waals surface area (Å²) in [5.41, 5.74) is 6.48. The minimum atomic E-state index is -3.10. The van der Waals surface area contributed by atoms with Gasteiger partial charge in [-0.25, -0.2) is 8.42 Å². The topological polar surface area (TPSA) is 60.2 Å². The lowest BCUT2D eigenvalue weighted by Crippen LogP contribution is -2.31. The first kappa shape index (κ1) is 11.6. The highest BCUT2D eigenvalue weighted by Crippen LogP contribution is 2.44. The van der Waals surface area contributed by atoms with Crippen LogP contribution < -0.4 is 5.73 Å². The Kier molecular flexibility index (Phi) is 2.59. The minimum Gasteiger partial charge on any atom is -0.330 e. The van der Waals surface area contributed by atoms with Gasteiger partial charge in [0.1, 0.15) is 0 Å². The molecule has 3 nitrogen and oxygen atoms in total. The van der Waals surface area contributed by atoms with Crippen LogP contribution in [0.5, 0.6) is 0 Å². The third kappa shape index (κ3) is 1.66. The predicted molar refractivity (Wildman–Crippen MR) is 64.1 cm³/mol. The Morgan fingerprint density at radius 1 is 1.38 bits per heavy atom. The van der Waals surface area contributed by atoms with E-state index in [4.69, 9.17) is 5.73 Å². The van der Waals surface area contributed by atoms with Crippen molar-refractivity contribution >= 4 is 9.84 Å². The number of nitrogens with two attached hydrogens (primary N) is 1. The molecule has 0 fully saturated rings. The van der Waals surface area contributed by atoms with Crippen molar-refractivity contribution in [2.75, 3.05) is 12.3 Å². The van der Waals surface area contributed by atoms with Crippen molar-refractivity contribution in [3.63, 3.8) is 0 Å². The largest absolute Gasteiger partial charge is 0.330 e. The van der Waals surface area contributed by atoms with E-state index in [2.05, 4.69) is 0 Å². The molecule has 0 radical (unpaired) electrons. The van der Waals surface area contributed by atoms with Crippen LogP contribution in [0.1, 0.15) is 25.3 Å². The van der Waals surface area contributed by atoms with E-state index in [1.165, 1.54) is 0 Å². The van der Waals surface area contributed by atoms with Crippen molar-refractivity contribution in [2.24, 2.45) is 11.1 Å². The highest BCUT2D eigenvalue weighted by molar-refractivity contribution is 7.91. The maximum Gasteiger partial charge on any atom is 0.179 e. The van der Waals surface area contributed by atoms with E-state index in [0.29, 0.717) is 11.4 Å². The van der Waals surface area contributed by atoms with Crippen LogP contribution in [0.3, 0.4) is 0 Å². The predicted octanol–water partition coefficient (Wildman–Crippen LogP) is 1.54. The quantitative estimate of drug-likeness (QED) is 0.851. The number of hydrogen-bond donors (Lipinski definition) is 1. The number of fused-ring (bicyclic) bond motifs is 1. The molecule has 0 spiro atoms. The van der Waals surface area contributed by atoms with Crippen LogP contribution in [0.25, 0.3) is 0 Å².